The number of nitro groups is 2. The number of carbonyl (C=O) groups is 1. The molecule has 5 aromatic rings. The van der Waals surface area contributed by atoms with Crippen LogP contribution in [0.2, 0.25) is 0 Å². The van der Waals surface area contributed by atoms with Crippen molar-refractivity contribution in [3.8, 4) is 17.1 Å². The van der Waals surface area contributed by atoms with Crippen molar-refractivity contribution >= 4 is 50.4 Å². The number of halogens is 1. The third kappa shape index (κ3) is 5.74. The Labute approximate surface area is 238 Å². The van der Waals surface area contributed by atoms with Crippen molar-refractivity contribution in [2.24, 2.45) is 5.10 Å². The summed E-state index contributed by atoms with van der Waals surface area (Å²) in [5, 5.41) is 26.7. The molecule has 0 aliphatic carbocycles. The van der Waals surface area contributed by atoms with Crippen molar-refractivity contribution in [1.29, 1.82) is 0 Å². The minimum Gasteiger partial charge on any atom is -0.422 e. The lowest BCUT2D eigenvalue weighted by molar-refractivity contribution is -0.385. The van der Waals surface area contributed by atoms with Gasteiger partial charge in [0.2, 0.25) is 0 Å². The number of ether oxygens (including phenoxy) is 1. The number of rotatable bonds is 7. The molecular weight excluding hydrogens is 598 g/mol. The van der Waals surface area contributed by atoms with E-state index in [0.717, 1.165) is 4.68 Å². The van der Waals surface area contributed by atoms with E-state index < -0.39 is 21.4 Å². The number of fused-ring (bicyclic) bond motifs is 1. The van der Waals surface area contributed by atoms with Crippen LogP contribution in [0.15, 0.2) is 105 Å². The summed E-state index contributed by atoms with van der Waals surface area (Å²) in [6.07, 6.45) is 1.32. The van der Waals surface area contributed by atoms with Crippen LogP contribution in [0.3, 0.4) is 0 Å². The van der Waals surface area contributed by atoms with Crippen LogP contribution in [0.5, 0.6) is 5.75 Å². The predicted molar refractivity (Wildman–Crippen MR) is 153 cm³/mol. The fourth-order valence-corrected chi connectivity index (χ4v) is 4.24. The molecule has 0 saturated carbocycles. The number of non-ortho nitro benzene ring substituents is 2. The summed E-state index contributed by atoms with van der Waals surface area (Å²) in [7, 11) is 0. The minimum atomic E-state index is -0.757. The Balaban J connectivity index is 1.55. The van der Waals surface area contributed by atoms with Gasteiger partial charge in [-0.25, -0.2) is 9.78 Å². The maximum Gasteiger partial charge on any atom is 0.343 e. The number of hydrogen-bond acceptors (Lipinski definition) is 9. The molecule has 0 radical (unpaired) electrons. The van der Waals surface area contributed by atoms with Crippen LogP contribution in [-0.4, -0.2) is 31.7 Å². The lowest BCUT2D eigenvalue weighted by atomic mass is 10.1. The molecule has 202 valence electrons. The number of esters is 1. The van der Waals surface area contributed by atoms with Crippen LogP contribution in [0.25, 0.3) is 22.3 Å². The SMILES string of the molecule is O=C(Oc1ccc(Br)cc1C=Nn1c(-c2ccc([N+](=O)[O-])cc2)nc2ccccc2c1=O)c1ccc([N+](=O)[O-])cc1. The average molecular weight is 614 g/mol. The number of nitro benzene ring substituents is 2. The molecule has 1 heterocycles. The largest absolute Gasteiger partial charge is 0.422 e. The zero-order chi connectivity index (χ0) is 29.1. The van der Waals surface area contributed by atoms with E-state index in [9.17, 15) is 29.8 Å². The number of para-hydroxylation sites is 1. The first-order valence-corrected chi connectivity index (χ1v) is 12.6. The van der Waals surface area contributed by atoms with Crippen LogP contribution >= 0.6 is 15.9 Å². The molecule has 0 unspecified atom stereocenters. The van der Waals surface area contributed by atoms with Crippen LogP contribution in [-0.2, 0) is 0 Å². The Morgan fingerprint density at radius 1 is 0.902 bits per heavy atom. The summed E-state index contributed by atoms with van der Waals surface area (Å²) < 4.78 is 7.23. The molecular formula is C28H16BrN5O7. The fourth-order valence-electron chi connectivity index (χ4n) is 3.86. The average Bonchev–Trinajstić information content (AvgIpc) is 2.98. The van der Waals surface area contributed by atoms with E-state index in [1.54, 1.807) is 36.4 Å². The van der Waals surface area contributed by atoms with Gasteiger partial charge in [-0.2, -0.15) is 9.78 Å². The molecule has 0 N–H and O–H groups in total. The number of benzene rings is 4. The van der Waals surface area contributed by atoms with Crippen LogP contribution in [0, 0.1) is 20.2 Å². The van der Waals surface area contributed by atoms with E-state index in [0.29, 0.717) is 26.5 Å². The van der Waals surface area contributed by atoms with Gasteiger partial charge in [0.25, 0.3) is 16.9 Å². The van der Waals surface area contributed by atoms with E-state index in [4.69, 9.17) is 4.74 Å². The monoisotopic (exact) mass is 613 g/mol. The van der Waals surface area contributed by atoms with Gasteiger partial charge in [-0.1, -0.05) is 28.1 Å². The molecule has 13 heteroatoms. The topological polar surface area (TPSA) is 160 Å². The number of carbonyl (C=O) groups excluding carboxylic acids is 1. The highest BCUT2D eigenvalue weighted by Crippen LogP contribution is 2.25. The van der Waals surface area contributed by atoms with E-state index in [2.05, 4.69) is 26.0 Å². The maximum absolute atomic E-state index is 13.5. The molecule has 0 aliphatic heterocycles. The molecule has 41 heavy (non-hydrogen) atoms. The van der Waals surface area contributed by atoms with Crippen molar-refractivity contribution in [3.05, 3.63) is 137 Å². The van der Waals surface area contributed by atoms with Gasteiger partial charge in [0.15, 0.2) is 5.82 Å². The molecule has 0 amide bonds. The van der Waals surface area contributed by atoms with Crippen LogP contribution < -0.4 is 10.3 Å². The summed E-state index contributed by atoms with van der Waals surface area (Å²) >= 11 is 3.37. The molecule has 0 bridgehead atoms. The smallest absolute Gasteiger partial charge is 0.343 e. The summed E-state index contributed by atoms with van der Waals surface area (Å²) in [5.74, 6) is -0.508. The second-order valence-electron chi connectivity index (χ2n) is 8.49. The summed E-state index contributed by atoms with van der Waals surface area (Å²) in [4.78, 5) is 51.7. The third-order valence-corrected chi connectivity index (χ3v) is 6.38. The number of hydrogen-bond donors (Lipinski definition) is 0. The van der Waals surface area contributed by atoms with Crippen molar-refractivity contribution in [2.75, 3.05) is 0 Å². The van der Waals surface area contributed by atoms with E-state index in [-0.39, 0.29) is 28.5 Å². The Morgan fingerprint density at radius 3 is 2.20 bits per heavy atom. The molecule has 4 aromatic carbocycles. The van der Waals surface area contributed by atoms with Gasteiger partial charge >= 0.3 is 5.97 Å². The molecule has 0 aliphatic rings. The second kappa shape index (κ2) is 11.3. The first kappa shape index (κ1) is 27.0. The Bertz CT molecular complexity index is 1920. The number of aromatic nitrogens is 2. The maximum atomic E-state index is 13.5. The van der Waals surface area contributed by atoms with Crippen LogP contribution in [0.4, 0.5) is 11.4 Å². The van der Waals surface area contributed by atoms with E-state index >= 15 is 0 Å². The van der Waals surface area contributed by atoms with Gasteiger partial charge in [0.1, 0.15) is 5.75 Å². The standard InChI is InChI=1S/C28H16BrN5O7/c29-20-9-14-25(41-28(36)18-7-12-22(13-8-18)34(39)40)19(15-20)16-30-32-26(17-5-10-21(11-6-17)33(37)38)31-24-4-2-1-3-23(24)27(32)35/h1-16H. The highest BCUT2D eigenvalue weighted by molar-refractivity contribution is 9.10. The second-order valence-corrected chi connectivity index (χ2v) is 9.41. The van der Waals surface area contributed by atoms with E-state index in [1.807, 2.05) is 0 Å². The molecule has 5 rings (SSSR count). The van der Waals surface area contributed by atoms with Gasteiger partial charge in [0, 0.05) is 39.9 Å². The lowest BCUT2D eigenvalue weighted by Gasteiger charge is -2.11. The third-order valence-electron chi connectivity index (χ3n) is 5.89. The highest BCUT2D eigenvalue weighted by atomic mass is 79.9. The minimum absolute atomic E-state index is 0.0943. The lowest BCUT2D eigenvalue weighted by Crippen LogP contribution is -2.20. The Kier molecular flexibility index (Phi) is 7.43. The molecule has 12 nitrogen and oxygen atoms in total. The Hall–Kier alpha value is -5.56. The molecule has 0 saturated heterocycles. The molecule has 1 aromatic heterocycles. The fraction of sp³-hybridized carbons (Fsp3) is 0. The van der Waals surface area contributed by atoms with Gasteiger partial charge in [-0.15, -0.1) is 0 Å². The summed E-state index contributed by atoms with van der Waals surface area (Å²) in [5.41, 5.74) is 0.463. The normalized spacial score (nSPS) is 11.0. The number of nitrogens with zero attached hydrogens (tertiary/aromatic N) is 5. The zero-order valence-corrected chi connectivity index (χ0v) is 22.3. The first-order valence-electron chi connectivity index (χ1n) is 11.8. The molecule has 0 spiro atoms. The summed E-state index contributed by atoms with van der Waals surface area (Å²) in [6.45, 7) is 0. The van der Waals surface area contributed by atoms with Crippen molar-refractivity contribution in [2.45, 2.75) is 0 Å². The van der Waals surface area contributed by atoms with Crippen LogP contribution in [0.1, 0.15) is 15.9 Å². The highest BCUT2D eigenvalue weighted by Gasteiger charge is 2.16. The van der Waals surface area contributed by atoms with E-state index in [1.165, 1.54) is 60.8 Å². The first-order chi connectivity index (χ1) is 19.7. The molecule has 0 fully saturated rings. The van der Waals surface area contributed by atoms with Gasteiger partial charge in [-0.05, 0) is 54.6 Å². The van der Waals surface area contributed by atoms with Gasteiger partial charge in [0.05, 0.1) is 32.5 Å². The Morgan fingerprint density at radius 2 is 1.54 bits per heavy atom. The van der Waals surface area contributed by atoms with Crippen molar-refractivity contribution < 1.29 is 19.4 Å². The zero-order valence-electron chi connectivity index (χ0n) is 20.7. The quantitative estimate of drug-likeness (QED) is 0.0737. The molecule has 0 atom stereocenters. The van der Waals surface area contributed by atoms with Crippen molar-refractivity contribution in [1.82, 2.24) is 9.66 Å². The predicted octanol–water partition coefficient (Wildman–Crippen LogP) is 5.74. The van der Waals surface area contributed by atoms with Gasteiger partial charge in [-0.3, -0.25) is 25.0 Å². The summed E-state index contributed by atoms with van der Waals surface area (Å²) in [6, 6.07) is 22.0. The van der Waals surface area contributed by atoms with Crippen molar-refractivity contribution in [3.63, 3.8) is 0 Å². The van der Waals surface area contributed by atoms with Gasteiger partial charge < -0.3 is 4.74 Å².